The number of ether oxygens (including phenoxy) is 1. The van der Waals surface area contributed by atoms with Crippen LogP contribution in [-0.2, 0) is 16.1 Å². The molecule has 0 saturated carbocycles. The lowest BCUT2D eigenvalue weighted by Crippen LogP contribution is -2.49. The van der Waals surface area contributed by atoms with E-state index in [1.807, 2.05) is 73.7 Å². The van der Waals surface area contributed by atoms with Crippen molar-refractivity contribution in [2.24, 2.45) is 5.16 Å². The minimum atomic E-state index is -0.174. The maximum absolute atomic E-state index is 13.2. The number of oxime groups is 1. The molecule has 0 spiro atoms. The van der Waals surface area contributed by atoms with Crippen molar-refractivity contribution < 1.29 is 14.4 Å². The number of allylic oxidation sites excluding steroid dienone is 1. The molecule has 1 N–H and O–H groups in total. The lowest BCUT2D eigenvalue weighted by atomic mass is 9.86. The van der Waals surface area contributed by atoms with Gasteiger partial charge in [0.15, 0.2) is 0 Å². The molecule has 1 unspecified atom stereocenters. The predicted octanol–water partition coefficient (Wildman–Crippen LogP) is 5.71. The Morgan fingerprint density at radius 1 is 0.946 bits per heavy atom. The van der Waals surface area contributed by atoms with E-state index < -0.39 is 0 Å². The molecule has 1 atom stereocenters. The van der Waals surface area contributed by atoms with Crippen molar-refractivity contribution in [1.82, 2.24) is 5.32 Å². The fourth-order valence-corrected chi connectivity index (χ4v) is 4.41. The molecule has 4 rings (SSSR count). The summed E-state index contributed by atoms with van der Waals surface area (Å²) in [5, 5.41) is 7.68. The van der Waals surface area contributed by atoms with Crippen LogP contribution in [0, 0.1) is 0 Å². The molecule has 0 aliphatic carbocycles. The number of carbonyl (C=O) groups excluding carboxylic acids is 1. The number of carbonyl (C=O) groups is 1. The first-order valence-corrected chi connectivity index (χ1v) is 12.8. The Morgan fingerprint density at radius 2 is 1.62 bits per heavy atom. The highest BCUT2D eigenvalue weighted by Crippen LogP contribution is 2.43. The summed E-state index contributed by atoms with van der Waals surface area (Å²) in [5.41, 5.74) is 4.63. The number of hydrogen-bond acceptors (Lipinski definition) is 5. The first-order chi connectivity index (χ1) is 18.2. The monoisotopic (exact) mass is 497 g/mol. The Kier molecular flexibility index (Phi) is 9.49. The maximum atomic E-state index is 13.2. The number of anilines is 1. The summed E-state index contributed by atoms with van der Waals surface area (Å²) in [4.78, 5) is 20.5. The number of nitrogens with one attached hydrogen (secondary N) is 1. The fourth-order valence-electron chi connectivity index (χ4n) is 4.41. The van der Waals surface area contributed by atoms with Crippen LogP contribution in [0.15, 0.2) is 102 Å². The van der Waals surface area contributed by atoms with Gasteiger partial charge in [-0.05, 0) is 80.7 Å². The quantitative estimate of drug-likeness (QED) is 0.108. The van der Waals surface area contributed by atoms with Crippen LogP contribution in [0.3, 0.4) is 0 Å². The zero-order chi connectivity index (χ0) is 25.9. The lowest BCUT2D eigenvalue weighted by molar-refractivity contribution is -0.119. The normalized spacial score (nSPS) is 16.5. The second kappa shape index (κ2) is 13.4. The second-order valence-corrected chi connectivity index (χ2v) is 9.04. The average Bonchev–Trinajstić information content (AvgIpc) is 2.94. The highest BCUT2D eigenvalue weighted by atomic mass is 16.6. The van der Waals surface area contributed by atoms with Crippen molar-refractivity contribution in [3.8, 4) is 5.75 Å². The molecule has 6 heteroatoms. The first kappa shape index (κ1) is 26.2. The molecule has 0 radical (unpaired) electrons. The number of hydrogen-bond donors (Lipinski definition) is 1. The highest BCUT2D eigenvalue weighted by molar-refractivity contribution is 6.18. The third-order valence-electron chi connectivity index (χ3n) is 6.31. The minimum absolute atomic E-state index is 0.0340. The summed E-state index contributed by atoms with van der Waals surface area (Å²) in [5.74, 6) is 0.722. The number of β-lactam (4-membered cyclic amide) rings is 1. The van der Waals surface area contributed by atoms with Crippen LogP contribution in [0.1, 0.15) is 36.9 Å². The summed E-state index contributed by atoms with van der Waals surface area (Å²) in [7, 11) is 1.63. The number of nitrogens with zero attached hydrogens (tertiary/aromatic N) is 2. The van der Waals surface area contributed by atoms with Crippen LogP contribution < -0.4 is 15.0 Å². The van der Waals surface area contributed by atoms with Crippen molar-refractivity contribution in [3.63, 3.8) is 0 Å². The number of rotatable bonds is 13. The minimum Gasteiger partial charge on any atom is -0.497 e. The van der Waals surface area contributed by atoms with Crippen LogP contribution in [0.4, 0.5) is 5.69 Å². The zero-order valence-electron chi connectivity index (χ0n) is 21.6. The number of aryl methyl sites for hydroxylation is 1. The van der Waals surface area contributed by atoms with Crippen molar-refractivity contribution in [2.75, 3.05) is 31.7 Å². The van der Waals surface area contributed by atoms with E-state index >= 15 is 0 Å². The van der Waals surface area contributed by atoms with Crippen molar-refractivity contribution in [2.45, 2.75) is 32.2 Å². The van der Waals surface area contributed by atoms with Crippen LogP contribution in [0.25, 0.3) is 0 Å². The Labute approximate surface area is 219 Å². The maximum Gasteiger partial charge on any atom is 0.257 e. The van der Waals surface area contributed by atoms with Crippen LogP contribution >= 0.6 is 0 Å². The Hall–Kier alpha value is -3.90. The van der Waals surface area contributed by atoms with Crippen LogP contribution in [0.2, 0.25) is 0 Å². The summed E-state index contributed by atoms with van der Waals surface area (Å²) >= 11 is 0. The molecule has 1 saturated heterocycles. The standard InChI is InChI=1S/C31H35N3O3/c1-24(33-37-22-10-21-32-20-9-13-25-11-5-3-6-12-25)23-29-30(26-14-7-4-8-15-26)34(31(29)35)27-16-18-28(36-2)19-17-27/h3-8,11-12,14-19,23,30,32H,9-10,13,20-22H2,1-2H3/b29-23+,33-24+. The van der Waals surface area contributed by atoms with E-state index in [-0.39, 0.29) is 11.9 Å². The number of benzene rings is 3. The summed E-state index contributed by atoms with van der Waals surface area (Å²) < 4.78 is 5.26. The van der Waals surface area contributed by atoms with Gasteiger partial charge in [-0.3, -0.25) is 9.69 Å². The first-order valence-electron chi connectivity index (χ1n) is 12.8. The van der Waals surface area contributed by atoms with Crippen LogP contribution in [-0.4, -0.2) is 38.4 Å². The van der Waals surface area contributed by atoms with Gasteiger partial charge in [0.25, 0.3) is 5.91 Å². The highest BCUT2D eigenvalue weighted by Gasteiger charge is 2.43. The SMILES string of the molecule is COc1ccc(N2C(=O)/C(=C/C(C)=N/OCCCNCCCc3ccccc3)C2c2ccccc2)cc1. The van der Waals surface area contributed by atoms with Gasteiger partial charge in [-0.2, -0.15) is 0 Å². The Bertz CT molecular complexity index is 1190. The molecule has 1 aliphatic rings. The van der Waals surface area contributed by atoms with Gasteiger partial charge >= 0.3 is 0 Å². The van der Waals surface area contributed by atoms with E-state index in [2.05, 4.69) is 34.7 Å². The molecule has 0 bridgehead atoms. The lowest BCUT2D eigenvalue weighted by Gasteiger charge is -2.43. The molecule has 37 heavy (non-hydrogen) atoms. The Morgan fingerprint density at radius 3 is 2.32 bits per heavy atom. The van der Waals surface area contributed by atoms with E-state index in [1.54, 1.807) is 12.0 Å². The van der Waals surface area contributed by atoms with Gasteiger partial charge in [-0.1, -0.05) is 65.8 Å². The Balaban J connectivity index is 1.27. The number of methoxy groups -OCH3 is 1. The molecule has 1 heterocycles. The van der Waals surface area contributed by atoms with Gasteiger partial charge in [-0.25, -0.2) is 0 Å². The topological polar surface area (TPSA) is 63.2 Å². The van der Waals surface area contributed by atoms with Gasteiger partial charge in [0, 0.05) is 11.3 Å². The van der Waals surface area contributed by atoms with Gasteiger partial charge in [-0.15, -0.1) is 0 Å². The largest absolute Gasteiger partial charge is 0.497 e. The summed E-state index contributed by atoms with van der Waals surface area (Å²) in [6.45, 7) is 4.26. The van der Waals surface area contributed by atoms with Gasteiger partial charge in [0.1, 0.15) is 12.4 Å². The smallest absolute Gasteiger partial charge is 0.257 e. The third kappa shape index (κ3) is 7.08. The van der Waals surface area contributed by atoms with Crippen molar-refractivity contribution in [1.29, 1.82) is 0 Å². The van der Waals surface area contributed by atoms with E-state index in [0.29, 0.717) is 17.9 Å². The van der Waals surface area contributed by atoms with Gasteiger partial charge < -0.3 is 14.9 Å². The average molecular weight is 498 g/mol. The second-order valence-electron chi connectivity index (χ2n) is 9.04. The van der Waals surface area contributed by atoms with E-state index in [9.17, 15) is 4.79 Å². The van der Waals surface area contributed by atoms with Crippen molar-refractivity contribution >= 4 is 17.3 Å². The molecule has 1 fully saturated rings. The molecular formula is C31H35N3O3. The van der Waals surface area contributed by atoms with Crippen LogP contribution in [0.5, 0.6) is 5.75 Å². The van der Waals surface area contributed by atoms with Gasteiger partial charge in [0.2, 0.25) is 0 Å². The third-order valence-corrected chi connectivity index (χ3v) is 6.31. The van der Waals surface area contributed by atoms with E-state index in [4.69, 9.17) is 9.57 Å². The molecule has 192 valence electrons. The summed E-state index contributed by atoms with van der Waals surface area (Å²) in [6, 6.07) is 27.9. The molecule has 6 nitrogen and oxygen atoms in total. The molecule has 1 aliphatic heterocycles. The van der Waals surface area contributed by atoms with E-state index in [1.165, 1.54) is 5.56 Å². The van der Waals surface area contributed by atoms with Crippen molar-refractivity contribution in [3.05, 3.63) is 108 Å². The zero-order valence-corrected chi connectivity index (χ0v) is 21.6. The molecule has 3 aromatic rings. The summed E-state index contributed by atoms with van der Waals surface area (Å²) in [6.07, 6.45) is 4.90. The molecule has 1 amide bonds. The predicted molar refractivity (Wildman–Crippen MR) is 149 cm³/mol. The van der Waals surface area contributed by atoms with E-state index in [0.717, 1.165) is 49.4 Å². The van der Waals surface area contributed by atoms with Gasteiger partial charge in [0.05, 0.1) is 18.9 Å². The number of amides is 1. The molecular weight excluding hydrogens is 462 g/mol. The molecule has 0 aromatic heterocycles. The fraction of sp³-hybridized carbons (Fsp3) is 0.290. The molecule has 3 aromatic carbocycles.